The number of hydrogen-bond acceptors (Lipinski definition) is 3. The van der Waals surface area contributed by atoms with Crippen molar-refractivity contribution in [3.05, 3.63) is 0 Å². The molecule has 0 heterocycles. The molecule has 0 fully saturated rings. The standard InChI is InChI=1S/CH4N2O.CH2O.H2O3S/c2-1(3)4;1-2;1-4(2)3/h(H4,2,3,4);1H2;(H2,1,2,3). The third-order valence-corrected chi connectivity index (χ3v) is 0. The topological polar surface area (TPSA) is 144 Å². The number of rotatable bonds is 0. The van der Waals surface area contributed by atoms with Gasteiger partial charge in [0, 0.05) is 0 Å². The maximum absolute atomic E-state index is 9.00. The zero-order valence-electron chi connectivity index (χ0n) is 4.89. The zero-order valence-corrected chi connectivity index (χ0v) is 5.71. The summed E-state index contributed by atoms with van der Waals surface area (Å²) in [6.07, 6.45) is 0. The third-order valence-electron chi connectivity index (χ3n) is 0. The number of primary amides is 2. The average molecular weight is 172 g/mol. The SMILES string of the molecule is C=O.NC(N)=O.O=S(O)O. The first-order valence-electron chi connectivity index (χ1n) is 1.60. The second-order valence-electron chi connectivity index (χ2n) is 0.633. The minimum absolute atomic E-state index is 0.833. The minimum Gasteiger partial charge on any atom is -0.352 e. The maximum Gasteiger partial charge on any atom is 0.309 e. The Kier molecular flexibility index (Phi) is 25.1. The Hall–Kier alpha value is -0.990. The summed E-state index contributed by atoms with van der Waals surface area (Å²) in [4.78, 5) is 17.0. The van der Waals surface area contributed by atoms with Crippen LogP contribution in [0.3, 0.4) is 0 Å². The molecule has 0 rings (SSSR count). The number of hydrogen-bond donors (Lipinski definition) is 4. The van der Waals surface area contributed by atoms with Crippen LogP contribution in [0.4, 0.5) is 4.79 Å². The van der Waals surface area contributed by atoms with Crippen LogP contribution >= 0.6 is 0 Å². The van der Waals surface area contributed by atoms with Crippen LogP contribution in [0.15, 0.2) is 0 Å². The van der Waals surface area contributed by atoms with Crippen LogP contribution in [-0.2, 0) is 16.2 Å². The van der Waals surface area contributed by atoms with E-state index in [4.69, 9.17) is 22.9 Å². The van der Waals surface area contributed by atoms with Crippen molar-refractivity contribution in [2.75, 3.05) is 0 Å². The van der Waals surface area contributed by atoms with Gasteiger partial charge in [0.05, 0.1) is 0 Å². The highest BCUT2D eigenvalue weighted by atomic mass is 32.2. The zero-order chi connectivity index (χ0) is 9.15. The van der Waals surface area contributed by atoms with Crippen LogP contribution < -0.4 is 11.5 Å². The molecule has 0 aliphatic carbocycles. The van der Waals surface area contributed by atoms with E-state index in [1.165, 1.54) is 0 Å². The summed E-state index contributed by atoms with van der Waals surface area (Å²) < 4.78 is 22.8. The maximum atomic E-state index is 9.00. The fourth-order valence-electron chi connectivity index (χ4n) is 0. The molecule has 0 unspecified atom stereocenters. The second-order valence-corrected chi connectivity index (χ2v) is 1.09. The Morgan fingerprint density at radius 3 is 1.30 bits per heavy atom. The van der Waals surface area contributed by atoms with E-state index in [1.807, 2.05) is 6.79 Å². The number of carbonyl (C=O) groups is 2. The molecule has 0 atom stereocenters. The third kappa shape index (κ3) is 258. The minimum atomic E-state index is -2.61. The van der Waals surface area contributed by atoms with Gasteiger partial charge in [-0.3, -0.25) is 9.11 Å². The lowest BCUT2D eigenvalue weighted by atomic mass is 11.2. The normalized spacial score (nSPS) is 6.30. The Balaban J connectivity index is -0.0000000787. The Bertz CT molecular complexity index is 85.8. The van der Waals surface area contributed by atoms with Crippen molar-refractivity contribution in [1.29, 1.82) is 0 Å². The van der Waals surface area contributed by atoms with Gasteiger partial charge in [0.1, 0.15) is 6.79 Å². The van der Waals surface area contributed by atoms with Gasteiger partial charge in [0.25, 0.3) is 11.4 Å². The van der Waals surface area contributed by atoms with Gasteiger partial charge >= 0.3 is 6.03 Å². The lowest BCUT2D eigenvalue weighted by Crippen LogP contribution is -2.18. The highest BCUT2D eigenvalue weighted by Crippen LogP contribution is 1.44. The van der Waals surface area contributed by atoms with Gasteiger partial charge in [-0.1, -0.05) is 0 Å². The number of nitrogens with two attached hydrogens (primary N) is 2. The molecule has 62 valence electrons. The van der Waals surface area contributed by atoms with E-state index in [0.717, 1.165) is 0 Å². The van der Waals surface area contributed by atoms with Crippen LogP contribution in [0, 0.1) is 0 Å². The molecule has 6 N–H and O–H groups in total. The molecule has 0 bridgehead atoms. The molecule has 0 aliphatic rings. The van der Waals surface area contributed by atoms with E-state index in [-0.39, 0.29) is 0 Å². The molecule has 8 heteroatoms. The molecular weight excluding hydrogens is 164 g/mol. The van der Waals surface area contributed by atoms with Gasteiger partial charge in [-0.2, -0.15) is 4.21 Å². The molecule has 0 aliphatic heterocycles. The fourth-order valence-corrected chi connectivity index (χ4v) is 0. The fraction of sp³-hybridized carbons (Fsp3) is 0. The van der Waals surface area contributed by atoms with Gasteiger partial charge in [0.2, 0.25) is 0 Å². The molecule has 10 heavy (non-hydrogen) atoms. The lowest BCUT2D eigenvalue weighted by molar-refractivity contribution is -0.0979. The van der Waals surface area contributed by atoms with Gasteiger partial charge in [0.15, 0.2) is 0 Å². The highest BCUT2D eigenvalue weighted by Gasteiger charge is 1.62. The highest BCUT2D eigenvalue weighted by molar-refractivity contribution is 7.73. The van der Waals surface area contributed by atoms with Crippen LogP contribution in [0.2, 0.25) is 0 Å². The van der Waals surface area contributed by atoms with Crippen LogP contribution in [0.1, 0.15) is 0 Å². The van der Waals surface area contributed by atoms with E-state index in [1.54, 1.807) is 0 Å². The smallest absolute Gasteiger partial charge is 0.309 e. The van der Waals surface area contributed by atoms with Crippen molar-refractivity contribution >= 4 is 24.2 Å². The summed E-state index contributed by atoms with van der Waals surface area (Å²) in [5, 5.41) is 0. The predicted molar refractivity (Wildman–Crippen MR) is 34.3 cm³/mol. The van der Waals surface area contributed by atoms with Gasteiger partial charge < -0.3 is 16.3 Å². The molecule has 0 saturated heterocycles. The summed E-state index contributed by atoms with van der Waals surface area (Å²) in [5.74, 6) is 0. The first-order chi connectivity index (χ1) is 4.46. The molecule has 7 nitrogen and oxygen atoms in total. The van der Waals surface area contributed by atoms with Crippen molar-refractivity contribution in [2.24, 2.45) is 11.5 Å². The first-order valence-corrected chi connectivity index (χ1v) is 2.67. The molecule has 0 aromatic rings. The largest absolute Gasteiger partial charge is 0.352 e. The molecule has 2 amide bonds. The molecule has 0 aromatic heterocycles. The lowest BCUT2D eigenvalue weighted by Gasteiger charge is -1.62. The summed E-state index contributed by atoms with van der Waals surface area (Å²) >= 11 is -2.61. The van der Waals surface area contributed by atoms with E-state index in [2.05, 4.69) is 11.5 Å². The molecule has 0 saturated carbocycles. The Labute approximate surface area is 59.5 Å². The summed E-state index contributed by atoms with van der Waals surface area (Å²) in [6, 6.07) is -0.833. The number of urea groups is 1. The van der Waals surface area contributed by atoms with Gasteiger partial charge in [-0.15, -0.1) is 0 Å². The molecule has 0 aromatic carbocycles. The molecule has 0 radical (unpaired) electrons. The van der Waals surface area contributed by atoms with Crippen molar-refractivity contribution in [2.45, 2.75) is 0 Å². The van der Waals surface area contributed by atoms with Crippen molar-refractivity contribution < 1.29 is 22.9 Å². The van der Waals surface area contributed by atoms with Crippen molar-refractivity contribution in [1.82, 2.24) is 0 Å². The average Bonchev–Trinajstić information content (AvgIpc) is 1.66. The van der Waals surface area contributed by atoms with Gasteiger partial charge in [-0.05, 0) is 0 Å². The van der Waals surface area contributed by atoms with E-state index in [0.29, 0.717) is 0 Å². The summed E-state index contributed by atoms with van der Waals surface area (Å²) in [6.45, 7) is 2.00. The number of amides is 2. The Morgan fingerprint density at radius 1 is 1.30 bits per heavy atom. The predicted octanol–water partition coefficient (Wildman–Crippen LogP) is -1.48. The molecule has 0 spiro atoms. The number of carbonyl (C=O) groups excluding carboxylic acids is 2. The van der Waals surface area contributed by atoms with Crippen molar-refractivity contribution in [3.8, 4) is 0 Å². The van der Waals surface area contributed by atoms with E-state index in [9.17, 15) is 0 Å². The summed E-state index contributed by atoms with van der Waals surface area (Å²) in [7, 11) is 0. The quantitative estimate of drug-likeness (QED) is 0.329. The monoisotopic (exact) mass is 172 g/mol. The van der Waals surface area contributed by atoms with Crippen LogP contribution in [-0.4, -0.2) is 26.1 Å². The molecular formula is C2H8N2O5S. The first kappa shape index (κ1) is 16.0. The second kappa shape index (κ2) is 15.7. The van der Waals surface area contributed by atoms with Crippen LogP contribution in [0.25, 0.3) is 0 Å². The summed E-state index contributed by atoms with van der Waals surface area (Å²) in [5.41, 5.74) is 8.50. The van der Waals surface area contributed by atoms with Crippen molar-refractivity contribution in [3.63, 3.8) is 0 Å². The van der Waals surface area contributed by atoms with E-state index >= 15 is 0 Å². The van der Waals surface area contributed by atoms with E-state index < -0.39 is 17.4 Å². The van der Waals surface area contributed by atoms with Crippen LogP contribution in [0.5, 0.6) is 0 Å². The van der Waals surface area contributed by atoms with Gasteiger partial charge in [-0.25, -0.2) is 4.79 Å². The Morgan fingerprint density at radius 2 is 1.30 bits per heavy atom.